The molecule has 2 aliphatic rings. The van der Waals surface area contributed by atoms with Crippen LogP contribution in [0.1, 0.15) is 38.5 Å². The van der Waals surface area contributed by atoms with Gasteiger partial charge in [0.2, 0.25) is 0 Å². The molecule has 2 atom stereocenters. The maximum Gasteiger partial charge on any atom is 0.308 e. The van der Waals surface area contributed by atoms with E-state index in [4.69, 9.17) is 0 Å². The molecule has 0 amide bonds. The lowest BCUT2D eigenvalue weighted by Gasteiger charge is -2.43. The first kappa shape index (κ1) is 13.8. The van der Waals surface area contributed by atoms with E-state index in [1.54, 1.807) is 0 Å². The molecule has 1 aliphatic heterocycles. The van der Waals surface area contributed by atoms with E-state index in [2.05, 4.69) is 23.9 Å². The molecule has 1 heterocycles. The monoisotopic (exact) mass is 254 g/mol. The second kappa shape index (κ2) is 6.02. The fraction of sp³-hybridized carbons (Fsp3) is 0.929. The van der Waals surface area contributed by atoms with E-state index in [1.807, 2.05) is 0 Å². The van der Waals surface area contributed by atoms with Crippen LogP contribution in [0.25, 0.3) is 0 Å². The number of carbonyl (C=O) groups is 1. The minimum Gasteiger partial charge on any atom is -0.481 e. The van der Waals surface area contributed by atoms with Gasteiger partial charge in [-0.25, -0.2) is 0 Å². The average Bonchev–Trinajstić information content (AvgIpc) is 2.39. The highest BCUT2D eigenvalue weighted by atomic mass is 16.4. The van der Waals surface area contributed by atoms with Gasteiger partial charge in [-0.15, -0.1) is 0 Å². The van der Waals surface area contributed by atoms with Gasteiger partial charge < -0.3 is 10.0 Å². The van der Waals surface area contributed by atoms with Crippen LogP contribution in [0, 0.1) is 5.92 Å². The summed E-state index contributed by atoms with van der Waals surface area (Å²) in [4.78, 5) is 16.1. The molecule has 1 saturated carbocycles. The number of carboxylic acid groups (broad SMARTS) is 1. The maximum atomic E-state index is 11.3. The van der Waals surface area contributed by atoms with E-state index in [9.17, 15) is 9.90 Å². The zero-order valence-electron chi connectivity index (χ0n) is 11.6. The molecule has 1 saturated heterocycles. The predicted molar refractivity (Wildman–Crippen MR) is 71.7 cm³/mol. The van der Waals surface area contributed by atoms with E-state index in [1.165, 1.54) is 19.3 Å². The molecule has 2 fully saturated rings. The van der Waals surface area contributed by atoms with E-state index in [-0.39, 0.29) is 5.92 Å². The first-order chi connectivity index (χ1) is 8.59. The van der Waals surface area contributed by atoms with Crippen LogP contribution in [0.15, 0.2) is 0 Å². The van der Waals surface area contributed by atoms with Crippen molar-refractivity contribution >= 4 is 5.97 Å². The molecule has 18 heavy (non-hydrogen) atoms. The summed E-state index contributed by atoms with van der Waals surface area (Å²) in [6.07, 6.45) is 6.58. The van der Waals surface area contributed by atoms with Gasteiger partial charge in [0.25, 0.3) is 0 Å². The summed E-state index contributed by atoms with van der Waals surface area (Å²) >= 11 is 0. The van der Waals surface area contributed by atoms with Crippen molar-refractivity contribution in [2.45, 2.75) is 50.6 Å². The molecule has 1 aliphatic carbocycles. The van der Waals surface area contributed by atoms with Crippen LogP contribution in [-0.4, -0.2) is 60.1 Å². The molecule has 4 nitrogen and oxygen atoms in total. The van der Waals surface area contributed by atoms with Gasteiger partial charge >= 0.3 is 5.97 Å². The second-order valence-electron chi connectivity index (χ2n) is 6.03. The quantitative estimate of drug-likeness (QED) is 0.832. The molecule has 2 unspecified atom stereocenters. The molecule has 1 N–H and O–H groups in total. The lowest BCUT2D eigenvalue weighted by Crippen LogP contribution is -2.51. The Morgan fingerprint density at radius 2 is 1.72 bits per heavy atom. The zero-order valence-corrected chi connectivity index (χ0v) is 11.6. The predicted octanol–water partition coefficient (Wildman–Crippen LogP) is 1.66. The van der Waals surface area contributed by atoms with Crippen LogP contribution in [0.2, 0.25) is 0 Å². The number of likely N-dealkylation sites (tertiary alicyclic amines) is 1. The number of rotatable bonds is 3. The van der Waals surface area contributed by atoms with Crippen molar-refractivity contribution in [2.75, 3.05) is 27.2 Å². The minimum absolute atomic E-state index is 0.130. The Kier molecular flexibility index (Phi) is 4.62. The smallest absolute Gasteiger partial charge is 0.308 e. The summed E-state index contributed by atoms with van der Waals surface area (Å²) in [7, 11) is 4.28. The van der Waals surface area contributed by atoms with Crippen molar-refractivity contribution in [2.24, 2.45) is 5.92 Å². The molecular formula is C14H26N2O2. The lowest BCUT2D eigenvalue weighted by molar-refractivity contribution is -0.146. The third kappa shape index (κ3) is 3.04. The maximum absolute atomic E-state index is 11.3. The Bertz CT molecular complexity index is 286. The summed E-state index contributed by atoms with van der Waals surface area (Å²) in [5.41, 5.74) is 0. The molecule has 2 rings (SSSR count). The third-order valence-corrected chi connectivity index (χ3v) is 4.75. The third-order valence-electron chi connectivity index (χ3n) is 4.75. The van der Waals surface area contributed by atoms with Crippen LogP contribution in [0.4, 0.5) is 0 Å². The van der Waals surface area contributed by atoms with Crippen molar-refractivity contribution in [1.82, 2.24) is 9.80 Å². The van der Waals surface area contributed by atoms with Crippen LogP contribution in [0.3, 0.4) is 0 Å². The Balaban J connectivity index is 1.93. The van der Waals surface area contributed by atoms with Gasteiger partial charge in [-0.1, -0.05) is 12.8 Å². The normalized spacial score (nSPS) is 31.7. The molecule has 0 aromatic carbocycles. The summed E-state index contributed by atoms with van der Waals surface area (Å²) < 4.78 is 0. The highest BCUT2D eigenvalue weighted by molar-refractivity contribution is 5.71. The lowest BCUT2D eigenvalue weighted by atomic mass is 9.82. The standard InChI is InChI=1S/C14H26N2O2/c1-15(2)11-7-9-16(10-8-11)13-6-4-3-5-12(13)14(17)18/h11-13H,3-10H2,1-2H3,(H,17,18). The van der Waals surface area contributed by atoms with Crippen molar-refractivity contribution in [3.63, 3.8) is 0 Å². The first-order valence-corrected chi connectivity index (χ1v) is 7.23. The average molecular weight is 254 g/mol. The van der Waals surface area contributed by atoms with Gasteiger partial charge in [0.1, 0.15) is 0 Å². The van der Waals surface area contributed by atoms with Gasteiger partial charge in [0.15, 0.2) is 0 Å². The molecule has 0 aromatic rings. The summed E-state index contributed by atoms with van der Waals surface area (Å²) in [5.74, 6) is -0.718. The van der Waals surface area contributed by atoms with Crippen LogP contribution < -0.4 is 0 Å². The highest BCUT2D eigenvalue weighted by Gasteiger charge is 2.36. The fourth-order valence-electron chi connectivity index (χ4n) is 3.57. The second-order valence-corrected chi connectivity index (χ2v) is 6.03. The molecule has 4 heteroatoms. The fourth-order valence-corrected chi connectivity index (χ4v) is 3.57. The number of piperidine rings is 1. The first-order valence-electron chi connectivity index (χ1n) is 7.23. The van der Waals surface area contributed by atoms with Crippen LogP contribution >= 0.6 is 0 Å². The van der Waals surface area contributed by atoms with Crippen molar-refractivity contribution < 1.29 is 9.90 Å². The highest BCUT2D eigenvalue weighted by Crippen LogP contribution is 2.31. The Hall–Kier alpha value is -0.610. The number of hydrogen-bond donors (Lipinski definition) is 1. The van der Waals surface area contributed by atoms with Gasteiger partial charge in [-0.05, 0) is 52.9 Å². The minimum atomic E-state index is -0.588. The molecule has 0 aromatic heterocycles. The zero-order chi connectivity index (χ0) is 13.1. The Morgan fingerprint density at radius 1 is 1.11 bits per heavy atom. The Labute approximate surface area is 110 Å². The van der Waals surface area contributed by atoms with E-state index < -0.39 is 5.97 Å². The van der Waals surface area contributed by atoms with Crippen LogP contribution in [-0.2, 0) is 4.79 Å². The molecular weight excluding hydrogens is 228 g/mol. The van der Waals surface area contributed by atoms with Crippen molar-refractivity contribution in [3.8, 4) is 0 Å². The molecule has 0 radical (unpaired) electrons. The Morgan fingerprint density at radius 3 is 2.28 bits per heavy atom. The SMILES string of the molecule is CN(C)C1CCN(C2CCCCC2C(=O)O)CC1. The largest absolute Gasteiger partial charge is 0.481 e. The van der Waals surface area contributed by atoms with Crippen LogP contribution in [0.5, 0.6) is 0 Å². The number of aliphatic carboxylic acids is 1. The molecule has 0 bridgehead atoms. The summed E-state index contributed by atoms with van der Waals surface area (Å²) in [6, 6.07) is 0.965. The van der Waals surface area contributed by atoms with Gasteiger partial charge in [0.05, 0.1) is 5.92 Å². The number of nitrogens with zero attached hydrogens (tertiary/aromatic N) is 2. The molecule has 104 valence electrons. The summed E-state index contributed by atoms with van der Waals surface area (Å²) in [5, 5.41) is 9.34. The van der Waals surface area contributed by atoms with Gasteiger partial charge in [-0.3, -0.25) is 9.69 Å². The van der Waals surface area contributed by atoms with E-state index >= 15 is 0 Å². The van der Waals surface area contributed by atoms with Crippen molar-refractivity contribution in [1.29, 1.82) is 0 Å². The number of hydrogen-bond acceptors (Lipinski definition) is 3. The van der Waals surface area contributed by atoms with Gasteiger partial charge in [-0.2, -0.15) is 0 Å². The van der Waals surface area contributed by atoms with Crippen molar-refractivity contribution in [3.05, 3.63) is 0 Å². The van der Waals surface area contributed by atoms with Gasteiger partial charge in [0, 0.05) is 12.1 Å². The van der Waals surface area contributed by atoms with E-state index in [0.29, 0.717) is 12.1 Å². The topological polar surface area (TPSA) is 43.8 Å². The van der Waals surface area contributed by atoms with E-state index in [0.717, 1.165) is 32.4 Å². The number of carboxylic acids is 1. The molecule has 0 spiro atoms. The summed E-state index contributed by atoms with van der Waals surface area (Å²) in [6.45, 7) is 2.13.